The van der Waals surface area contributed by atoms with Crippen LogP contribution in [0, 0.1) is 6.92 Å². The second-order valence-electron chi connectivity index (χ2n) is 11.5. The maximum Gasteiger partial charge on any atom is 0.442 e. The van der Waals surface area contributed by atoms with Gasteiger partial charge in [-0.3, -0.25) is 9.48 Å². The van der Waals surface area contributed by atoms with Gasteiger partial charge in [-0.15, -0.1) is 4.36 Å². The summed E-state index contributed by atoms with van der Waals surface area (Å²) in [4.78, 5) is 32.7. The number of ether oxygens (including phenoxy) is 1. The normalized spacial score (nSPS) is 16.7. The van der Waals surface area contributed by atoms with Gasteiger partial charge in [0.15, 0.2) is 0 Å². The summed E-state index contributed by atoms with van der Waals surface area (Å²) >= 11 is 0. The first-order valence-corrected chi connectivity index (χ1v) is 15.4. The first-order valence-electron chi connectivity index (χ1n) is 13.5. The number of carbonyl (C=O) groups is 2. The molecule has 0 radical (unpaired) electrons. The van der Waals surface area contributed by atoms with Crippen molar-refractivity contribution in [2.45, 2.75) is 63.4 Å². The minimum absolute atomic E-state index is 0.0471. The van der Waals surface area contributed by atoms with Crippen LogP contribution in [0.25, 0.3) is 11.1 Å². The predicted octanol–water partition coefficient (Wildman–Crippen LogP) is 6.06. The van der Waals surface area contributed by atoms with Crippen molar-refractivity contribution in [3.05, 3.63) is 54.0 Å². The Morgan fingerprint density at radius 2 is 1.90 bits per heavy atom. The van der Waals surface area contributed by atoms with Crippen molar-refractivity contribution < 1.29 is 27.3 Å². The van der Waals surface area contributed by atoms with Gasteiger partial charge in [0, 0.05) is 73.3 Å². The SMILES string of the molecule is Cc1c(-c2cnn(C)c2)cnc(N2CCCC(F)(F)CC2)c1C(=O)Nc1cccc([S@@](C)(=O)=NC(=O)OC(C)(C)C)c1. The Balaban J connectivity index is 1.71. The lowest BCUT2D eigenvalue weighted by molar-refractivity contribution is -0.0102. The zero-order chi connectivity index (χ0) is 30.9. The number of aromatic nitrogens is 3. The lowest BCUT2D eigenvalue weighted by Crippen LogP contribution is -2.30. The molecule has 0 aliphatic carbocycles. The van der Waals surface area contributed by atoms with Crippen LogP contribution >= 0.6 is 0 Å². The fraction of sp³-hybridized carbons (Fsp3) is 0.448. The molecule has 2 aromatic heterocycles. The number of halogens is 2. The van der Waals surface area contributed by atoms with E-state index in [0.717, 1.165) is 5.56 Å². The topological polar surface area (TPSA) is 119 Å². The molecule has 1 aliphatic rings. The summed E-state index contributed by atoms with van der Waals surface area (Å²) in [5, 5.41) is 7.06. The fourth-order valence-electron chi connectivity index (χ4n) is 4.71. The molecule has 1 atom stereocenters. The molecule has 0 bridgehead atoms. The number of hydrogen-bond acceptors (Lipinski definition) is 7. The monoisotopic (exact) mass is 602 g/mol. The summed E-state index contributed by atoms with van der Waals surface area (Å²) in [6.45, 7) is 7.20. The molecule has 0 unspecified atom stereocenters. The van der Waals surface area contributed by atoms with E-state index in [2.05, 4.69) is 19.8 Å². The van der Waals surface area contributed by atoms with E-state index in [1.807, 2.05) is 0 Å². The second-order valence-corrected chi connectivity index (χ2v) is 13.7. The average molecular weight is 603 g/mol. The number of aryl methyl sites for hydroxylation is 1. The molecule has 3 aromatic rings. The van der Waals surface area contributed by atoms with Crippen molar-refractivity contribution >= 4 is 33.2 Å². The third-order valence-electron chi connectivity index (χ3n) is 6.75. The van der Waals surface area contributed by atoms with Crippen molar-refractivity contribution in [2.24, 2.45) is 11.4 Å². The summed E-state index contributed by atoms with van der Waals surface area (Å²) in [6.07, 6.45) is 5.14. The first kappa shape index (κ1) is 31.1. The number of amides is 2. The van der Waals surface area contributed by atoms with E-state index in [-0.39, 0.29) is 36.3 Å². The molecule has 42 heavy (non-hydrogen) atoms. The summed E-state index contributed by atoms with van der Waals surface area (Å²) in [5.74, 6) is -2.98. The molecule has 4 rings (SSSR count). The van der Waals surface area contributed by atoms with Gasteiger partial charge in [-0.1, -0.05) is 6.07 Å². The van der Waals surface area contributed by atoms with Gasteiger partial charge in [-0.2, -0.15) is 5.10 Å². The lowest BCUT2D eigenvalue weighted by Gasteiger charge is -2.26. The van der Waals surface area contributed by atoms with Crippen LogP contribution in [0.1, 0.15) is 56.0 Å². The number of carbonyl (C=O) groups excluding carboxylic acids is 2. The fourth-order valence-corrected chi connectivity index (χ4v) is 5.81. The number of pyridine rings is 1. The Morgan fingerprint density at radius 3 is 2.57 bits per heavy atom. The minimum Gasteiger partial charge on any atom is -0.442 e. The molecule has 1 N–H and O–H groups in total. The molecule has 1 aromatic carbocycles. The Hall–Kier alpha value is -3.87. The molecule has 3 heterocycles. The molecule has 2 amide bonds. The highest BCUT2D eigenvalue weighted by molar-refractivity contribution is 7.93. The van der Waals surface area contributed by atoms with Crippen LogP contribution in [-0.4, -0.2) is 61.8 Å². The molecule has 0 saturated carbocycles. The highest BCUT2D eigenvalue weighted by Gasteiger charge is 2.34. The third-order valence-corrected chi connectivity index (χ3v) is 8.38. The number of nitrogens with zero attached hydrogens (tertiary/aromatic N) is 5. The van der Waals surface area contributed by atoms with Gasteiger partial charge in [-0.25, -0.2) is 22.8 Å². The van der Waals surface area contributed by atoms with Crippen molar-refractivity contribution in [1.82, 2.24) is 14.8 Å². The van der Waals surface area contributed by atoms with Crippen LogP contribution in [0.5, 0.6) is 0 Å². The van der Waals surface area contributed by atoms with Crippen LogP contribution in [-0.2, 0) is 21.5 Å². The lowest BCUT2D eigenvalue weighted by atomic mass is 9.99. The van der Waals surface area contributed by atoms with E-state index in [1.54, 1.807) is 81.1 Å². The summed E-state index contributed by atoms with van der Waals surface area (Å²) in [5.41, 5.74) is 1.79. The zero-order valence-electron chi connectivity index (χ0n) is 24.6. The molecular weight excluding hydrogens is 566 g/mol. The largest absolute Gasteiger partial charge is 0.442 e. The quantitative estimate of drug-likeness (QED) is 0.377. The molecule has 10 nitrogen and oxygen atoms in total. The van der Waals surface area contributed by atoms with Gasteiger partial charge in [0.05, 0.1) is 21.5 Å². The Bertz CT molecular complexity index is 1620. The van der Waals surface area contributed by atoms with E-state index in [1.165, 1.54) is 12.3 Å². The van der Waals surface area contributed by atoms with Crippen molar-refractivity contribution in [3.8, 4) is 11.1 Å². The van der Waals surface area contributed by atoms with Gasteiger partial charge in [0.2, 0.25) is 5.92 Å². The smallest absolute Gasteiger partial charge is 0.442 e. The average Bonchev–Trinajstić information content (AvgIpc) is 3.21. The summed E-state index contributed by atoms with van der Waals surface area (Å²) in [6, 6.07) is 6.23. The van der Waals surface area contributed by atoms with Gasteiger partial charge in [0.25, 0.3) is 5.91 Å². The highest BCUT2D eigenvalue weighted by atomic mass is 32.2. The van der Waals surface area contributed by atoms with Crippen molar-refractivity contribution in [1.29, 1.82) is 0 Å². The van der Waals surface area contributed by atoms with Crippen LogP contribution in [0.4, 0.5) is 25.1 Å². The number of anilines is 2. The Labute approximate surface area is 244 Å². The Kier molecular flexibility index (Phi) is 8.72. The van der Waals surface area contributed by atoms with E-state index in [9.17, 15) is 22.6 Å². The van der Waals surface area contributed by atoms with Gasteiger partial charge in [-0.05, 0) is 57.9 Å². The van der Waals surface area contributed by atoms with Crippen LogP contribution in [0.3, 0.4) is 0 Å². The van der Waals surface area contributed by atoms with Gasteiger partial charge < -0.3 is 15.0 Å². The number of rotatable bonds is 5. The first-order chi connectivity index (χ1) is 19.5. The van der Waals surface area contributed by atoms with Crippen molar-refractivity contribution in [2.75, 3.05) is 29.6 Å². The predicted molar refractivity (Wildman–Crippen MR) is 158 cm³/mol. The second kappa shape index (κ2) is 11.8. The van der Waals surface area contributed by atoms with Crippen LogP contribution < -0.4 is 10.2 Å². The molecule has 1 aliphatic heterocycles. The number of benzene rings is 1. The molecular formula is C29H36F2N6O4S. The van der Waals surface area contributed by atoms with Gasteiger partial charge >= 0.3 is 6.09 Å². The van der Waals surface area contributed by atoms with Gasteiger partial charge in [0.1, 0.15) is 11.4 Å². The van der Waals surface area contributed by atoms with E-state index in [4.69, 9.17) is 4.74 Å². The van der Waals surface area contributed by atoms with E-state index >= 15 is 0 Å². The molecule has 13 heteroatoms. The summed E-state index contributed by atoms with van der Waals surface area (Å²) in [7, 11) is -1.42. The van der Waals surface area contributed by atoms with Crippen LogP contribution in [0.15, 0.2) is 52.1 Å². The minimum atomic E-state index is -3.20. The number of hydrogen-bond donors (Lipinski definition) is 1. The van der Waals surface area contributed by atoms with Crippen LogP contribution in [0.2, 0.25) is 0 Å². The Morgan fingerprint density at radius 1 is 1.17 bits per heavy atom. The number of alkyl halides is 2. The molecule has 0 spiro atoms. The molecule has 226 valence electrons. The number of nitrogens with one attached hydrogen (secondary N) is 1. The van der Waals surface area contributed by atoms with Crippen molar-refractivity contribution in [3.63, 3.8) is 0 Å². The highest BCUT2D eigenvalue weighted by Crippen LogP contribution is 2.34. The molecule has 1 fully saturated rings. The summed E-state index contributed by atoms with van der Waals surface area (Å²) < 4.78 is 52.2. The maximum atomic E-state index is 14.2. The van der Waals surface area contributed by atoms with E-state index in [0.29, 0.717) is 29.2 Å². The standard InChI is InChI=1S/C29H36F2N6O4S/c1-19-23(20-16-33-36(5)18-20)17-32-25(37-13-8-11-29(30,31)12-14-37)24(19)26(38)34-21-9-7-10-22(15-21)42(6,40)35-27(39)41-28(2,3)4/h7,9-10,15-18H,8,11-14H2,1-6H3,(H,34,38)/t42-/m1/s1. The zero-order valence-corrected chi connectivity index (χ0v) is 25.4. The molecule has 1 saturated heterocycles. The third kappa shape index (κ3) is 7.50. The maximum absolute atomic E-state index is 14.2. The van der Waals surface area contributed by atoms with E-state index < -0.39 is 33.3 Å².